The van der Waals surface area contributed by atoms with Gasteiger partial charge in [0.2, 0.25) is 0 Å². The first-order valence-corrected chi connectivity index (χ1v) is 9.51. The van der Waals surface area contributed by atoms with Gasteiger partial charge in [-0.05, 0) is 29.7 Å². The van der Waals surface area contributed by atoms with Crippen LogP contribution in [0.4, 0.5) is 0 Å². The van der Waals surface area contributed by atoms with Crippen molar-refractivity contribution in [2.24, 2.45) is 0 Å². The fourth-order valence-corrected chi connectivity index (χ4v) is 3.30. The molecular formula is C23H21N5O. The molecule has 0 bridgehead atoms. The molecule has 0 aliphatic rings. The van der Waals surface area contributed by atoms with Crippen LogP contribution in [-0.4, -0.2) is 32.2 Å². The molecule has 0 saturated heterocycles. The number of nitrogens with one attached hydrogen (secondary N) is 1. The molecule has 0 aliphatic carbocycles. The highest BCUT2D eigenvalue weighted by atomic mass is 16.1. The number of amides is 1. The van der Waals surface area contributed by atoms with Gasteiger partial charge in [-0.3, -0.25) is 9.36 Å². The number of benzene rings is 2. The number of carbonyl (C=O) groups excluding carboxylic acids is 1. The molecule has 0 fully saturated rings. The largest absolute Gasteiger partial charge is 0.351 e. The normalized spacial score (nSPS) is 10.8. The van der Waals surface area contributed by atoms with E-state index in [9.17, 15) is 4.79 Å². The minimum atomic E-state index is -0.227. The Morgan fingerprint density at radius 3 is 2.14 bits per heavy atom. The summed E-state index contributed by atoms with van der Waals surface area (Å²) in [4.78, 5) is 16.4. The molecule has 1 N–H and O–H groups in total. The average Bonchev–Trinajstić information content (AvgIpc) is 3.33. The van der Waals surface area contributed by atoms with Crippen LogP contribution in [0.1, 0.15) is 34.0 Å². The number of nitrogens with zero attached hydrogens (tertiary/aromatic N) is 4. The second-order valence-electron chi connectivity index (χ2n) is 6.67. The summed E-state index contributed by atoms with van der Waals surface area (Å²) in [6.45, 7) is 0.540. The van der Waals surface area contributed by atoms with Crippen molar-refractivity contribution in [3.8, 4) is 5.82 Å². The molecule has 4 rings (SSSR count). The summed E-state index contributed by atoms with van der Waals surface area (Å²) in [5.74, 6) is 0.606. The SMILES string of the molecule is O=C(NCCC(c1ccccc1)c1ccccc1)c1ccc(-n2ccnc2)nn1. The number of imidazole rings is 1. The van der Waals surface area contributed by atoms with Gasteiger partial charge in [0.1, 0.15) is 6.33 Å². The second-order valence-corrected chi connectivity index (χ2v) is 6.67. The van der Waals surface area contributed by atoms with E-state index in [2.05, 4.69) is 44.8 Å². The summed E-state index contributed by atoms with van der Waals surface area (Å²) in [6.07, 6.45) is 5.87. The van der Waals surface area contributed by atoms with Crippen LogP contribution in [0.3, 0.4) is 0 Å². The summed E-state index contributed by atoms with van der Waals surface area (Å²) < 4.78 is 1.74. The van der Waals surface area contributed by atoms with Crippen LogP contribution in [0.25, 0.3) is 5.82 Å². The third-order valence-electron chi connectivity index (χ3n) is 4.77. The van der Waals surface area contributed by atoms with Gasteiger partial charge in [-0.2, -0.15) is 0 Å². The fraction of sp³-hybridized carbons (Fsp3) is 0.130. The van der Waals surface area contributed by atoms with E-state index in [0.29, 0.717) is 18.1 Å². The molecule has 0 spiro atoms. The highest BCUT2D eigenvalue weighted by Crippen LogP contribution is 2.27. The lowest BCUT2D eigenvalue weighted by molar-refractivity contribution is 0.0947. The van der Waals surface area contributed by atoms with Crippen molar-refractivity contribution in [2.75, 3.05) is 6.54 Å². The molecule has 6 nitrogen and oxygen atoms in total. The molecule has 0 saturated carbocycles. The predicted molar refractivity (Wildman–Crippen MR) is 111 cm³/mol. The van der Waals surface area contributed by atoms with E-state index in [1.807, 2.05) is 36.4 Å². The van der Waals surface area contributed by atoms with Crippen LogP contribution < -0.4 is 5.32 Å². The van der Waals surface area contributed by atoms with Crippen molar-refractivity contribution in [1.82, 2.24) is 25.1 Å². The Labute approximate surface area is 169 Å². The van der Waals surface area contributed by atoms with Gasteiger partial charge < -0.3 is 5.32 Å². The lowest BCUT2D eigenvalue weighted by Crippen LogP contribution is -2.27. The highest BCUT2D eigenvalue weighted by molar-refractivity contribution is 5.92. The first-order valence-electron chi connectivity index (χ1n) is 9.51. The highest BCUT2D eigenvalue weighted by Gasteiger charge is 2.15. The minimum absolute atomic E-state index is 0.215. The second kappa shape index (κ2) is 8.93. The zero-order valence-electron chi connectivity index (χ0n) is 15.8. The van der Waals surface area contributed by atoms with Crippen LogP contribution in [0.15, 0.2) is 91.5 Å². The molecular weight excluding hydrogens is 362 g/mol. The van der Waals surface area contributed by atoms with Gasteiger partial charge >= 0.3 is 0 Å². The maximum atomic E-state index is 12.5. The van der Waals surface area contributed by atoms with Gasteiger partial charge in [0.25, 0.3) is 5.91 Å². The number of carbonyl (C=O) groups is 1. The summed E-state index contributed by atoms with van der Waals surface area (Å²) in [5.41, 5.74) is 2.76. The lowest BCUT2D eigenvalue weighted by Gasteiger charge is -2.18. The van der Waals surface area contributed by atoms with Crippen LogP contribution in [-0.2, 0) is 0 Å². The zero-order valence-corrected chi connectivity index (χ0v) is 15.8. The van der Waals surface area contributed by atoms with Gasteiger partial charge in [0, 0.05) is 24.9 Å². The predicted octanol–water partition coefficient (Wildman–Crippen LogP) is 3.61. The van der Waals surface area contributed by atoms with Gasteiger partial charge in [-0.1, -0.05) is 60.7 Å². The van der Waals surface area contributed by atoms with E-state index in [-0.39, 0.29) is 11.8 Å². The molecule has 2 aromatic carbocycles. The molecule has 0 atom stereocenters. The summed E-state index contributed by atoms with van der Waals surface area (Å²) in [7, 11) is 0. The van der Waals surface area contributed by atoms with E-state index < -0.39 is 0 Å². The van der Waals surface area contributed by atoms with Gasteiger partial charge in [-0.15, -0.1) is 10.2 Å². The van der Waals surface area contributed by atoms with E-state index in [4.69, 9.17) is 0 Å². The molecule has 29 heavy (non-hydrogen) atoms. The summed E-state index contributed by atoms with van der Waals surface area (Å²) >= 11 is 0. The van der Waals surface area contributed by atoms with Gasteiger partial charge in [-0.25, -0.2) is 4.98 Å². The summed E-state index contributed by atoms with van der Waals surface area (Å²) in [6, 6.07) is 24.1. The fourth-order valence-electron chi connectivity index (χ4n) is 3.30. The van der Waals surface area contributed by atoms with Gasteiger partial charge in [0.15, 0.2) is 11.5 Å². The number of aromatic nitrogens is 4. The number of hydrogen-bond donors (Lipinski definition) is 1. The Kier molecular flexibility index (Phi) is 5.71. The number of hydrogen-bond acceptors (Lipinski definition) is 4. The lowest BCUT2D eigenvalue weighted by atomic mass is 9.88. The van der Waals surface area contributed by atoms with Crippen molar-refractivity contribution in [1.29, 1.82) is 0 Å². The Hall–Kier alpha value is -3.80. The van der Waals surface area contributed by atoms with Crippen molar-refractivity contribution in [2.45, 2.75) is 12.3 Å². The Morgan fingerprint density at radius 2 is 1.59 bits per heavy atom. The zero-order chi connectivity index (χ0) is 19.9. The molecule has 6 heteroatoms. The number of rotatable bonds is 7. The Bertz CT molecular complexity index is 992. The van der Waals surface area contributed by atoms with Crippen LogP contribution in [0.2, 0.25) is 0 Å². The third kappa shape index (κ3) is 4.55. The Morgan fingerprint density at radius 1 is 0.897 bits per heavy atom. The molecule has 0 unspecified atom stereocenters. The smallest absolute Gasteiger partial charge is 0.271 e. The van der Waals surface area contributed by atoms with Crippen molar-refractivity contribution >= 4 is 5.91 Å². The first kappa shape index (κ1) is 18.6. The van der Waals surface area contributed by atoms with E-state index in [1.165, 1.54) is 11.1 Å². The van der Waals surface area contributed by atoms with Crippen LogP contribution in [0.5, 0.6) is 0 Å². The Balaban J connectivity index is 1.40. The standard InChI is InChI=1S/C23H21N5O/c29-23(21-11-12-22(27-26-21)28-16-15-24-17-28)25-14-13-20(18-7-3-1-4-8-18)19-9-5-2-6-10-19/h1-12,15-17,20H,13-14H2,(H,25,29). The maximum absolute atomic E-state index is 12.5. The van der Waals surface area contributed by atoms with Gasteiger partial charge in [0.05, 0.1) is 0 Å². The first-order chi connectivity index (χ1) is 14.3. The molecule has 4 aromatic rings. The monoisotopic (exact) mass is 383 g/mol. The third-order valence-corrected chi connectivity index (χ3v) is 4.77. The van der Waals surface area contributed by atoms with Crippen molar-refractivity contribution in [3.05, 3.63) is 108 Å². The quantitative estimate of drug-likeness (QED) is 0.529. The van der Waals surface area contributed by atoms with Crippen molar-refractivity contribution in [3.63, 3.8) is 0 Å². The van der Waals surface area contributed by atoms with Crippen LogP contribution in [0, 0.1) is 0 Å². The summed E-state index contributed by atoms with van der Waals surface area (Å²) in [5, 5.41) is 11.1. The maximum Gasteiger partial charge on any atom is 0.271 e. The molecule has 1 amide bonds. The van der Waals surface area contributed by atoms with Crippen LogP contribution >= 0.6 is 0 Å². The molecule has 2 heterocycles. The van der Waals surface area contributed by atoms with E-state index in [1.54, 1.807) is 35.4 Å². The van der Waals surface area contributed by atoms with E-state index >= 15 is 0 Å². The van der Waals surface area contributed by atoms with Crippen molar-refractivity contribution < 1.29 is 4.79 Å². The molecule has 0 radical (unpaired) electrons. The topological polar surface area (TPSA) is 72.7 Å². The minimum Gasteiger partial charge on any atom is -0.351 e. The molecule has 0 aliphatic heterocycles. The molecule has 144 valence electrons. The molecule has 2 aromatic heterocycles. The average molecular weight is 383 g/mol. The van der Waals surface area contributed by atoms with E-state index in [0.717, 1.165) is 6.42 Å².